The highest BCUT2D eigenvalue weighted by atomic mass is 16.4. The Morgan fingerprint density at radius 3 is 1.79 bits per heavy atom. The van der Waals surface area contributed by atoms with Crippen LogP contribution >= 0.6 is 0 Å². The lowest BCUT2D eigenvalue weighted by Crippen LogP contribution is -2.27. The summed E-state index contributed by atoms with van der Waals surface area (Å²) < 4.78 is 0. The van der Waals surface area contributed by atoms with E-state index < -0.39 is 23.8 Å². The number of carbonyl (C=O) groups excluding carboxylic acids is 1. The predicted molar refractivity (Wildman–Crippen MR) is 47.8 cm³/mol. The highest BCUT2D eigenvalue weighted by molar-refractivity contribution is 5.93. The van der Waals surface area contributed by atoms with E-state index in [0.717, 1.165) is 0 Å². The molecule has 0 aromatic heterocycles. The van der Waals surface area contributed by atoms with E-state index in [-0.39, 0.29) is 12.2 Å². The Kier molecular flexibility index (Phi) is 4.83. The van der Waals surface area contributed by atoms with Crippen LogP contribution in [0.3, 0.4) is 0 Å². The molecule has 0 aliphatic carbocycles. The zero-order valence-corrected chi connectivity index (χ0v) is 8.19. The van der Waals surface area contributed by atoms with Crippen LogP contribution in [0.1, 0.15) is 26.7 Å². The fourth-order valence-corrected chi connectivity index (χ4v) is 1.21. The Hall–Kier alpha value is -1.39. The van der Waals surface area contributed by atoms with Crippen LogP contribution in [0.2, 0.25) is 0 Å². The van der Waals surface area contributed by atoms with Gasteiger partial charge in [-0.2, -0.15) is 0 Å². The smallest absolute Gasteiger partial charge is 0.317 e. The largest absolute Gasteiger partial charge is 0.481 e. The van der Waals surface area contributed by atoms with E-state index in [1.54, 1.807) is 6.92 Å². The fraction of sp³-hybridized carbons (Fsp3) is 0.667. The molecule has 0 aromatic carbocycles. The number of Topliss-reactive ketones (excluding diaryl/α,β-unsaturated/α-hetero) is 1. The molecule has 0 aromatic rings. The number of carbonyl (C=O) groups is 3. The van der Waals surface area contributed by atoms with Crippen molar-refractivity contribution in [2.45, 2.75) is 26.7 Å². The maximum atomic E-state index is 11.0. The van der Waals surface area contributed by atoms with Gasteiger partial charge in [0.2, 0.25) is 0 Å². The molecule has 0 bridgehead atoms. The Balaban J connectivity index is 4.49. The Morgan fingerprint density at radius 2 is 1.57 bits per heavy atom. The minimum absolute atomic E-state index is 0.128. The molecular formula is C9H14O5. The summed E-state index contributed by atoms with van der Waals surface area (Å²) in [5, 5.41) is 17.2. The van der Waals surface area contributed by atoms with Gasteiger partial charge in [-0.3, -0.25) is 14.4 Å². The molecule has 0 spiro atoms. The standard InChI is InChI=1S/C9H14O5/c1-3-6(5(2)10)4-7(8(11)12)9(13)14/h6-7H,3-4H2,1-2H3,(H,11,12)(H,13,14). The van der Waals surface area contributed by atoms with Crippen molar-refractivity contribution in [1.82, 2.24) is 0 Å². The molecule has 2 N–H and O–H groups in total. The lowest BCUT2D eigenvalue weighted by molar-refractivity contribution is -0.155. The zero-order valence-electron chi connectivity index (χ0n) is 8.19. The molecule has 0 fully saturated rings. The van der Waals surface area contributed by atoms with Crippen molar-refractivity contribution in [3.63, 3.8) is 0 Å². The maximum Gasteiger partial charge on any atom is 0.317 e. The summed E-state index contributed by atoms with van der Waals surface area (Å²) in [6.45, 7) is 3.07. The molecule has 5 heteroatoms. The second-order valence-corrected chi connectivity index (χ2v) is 3.18. The van der Waals surface area contributed by atoms with Crippen molar-refractivity contribution < 1.29 is 24.6 Å². The molecule has 14 heavy (non-hydrogen) atoms. The van der Waals surface area contributed by atoms with Gasteiger partial charge in [0.1, 0.15) is 5.78 Å². The molecule has 0 aliphatic rings. The molecule has 1 atom stereocenters. The van der Waals surface area contributed by atoms with Crippen LogP contribution in [-0.4, -0.2) is 27.9 Å². The molecule has 5 nitrogen and oxygen atoms in total. The van der Waals surface area contributed by atoms with E-state index in [9.17, 15) is 14.4 Å². The molecule has 0 amide bonds. The third-order valence-electron chi connectivity index (χ3n) is 2.18. The van der Waals surface area contributed by atoms with Crippen LogP contribution in [0.15, 0.2) is 0 Å². The summed E-state index contributed by atoms with van der Waals surface area (Å²) in [6.07, 6.45) is 0.336. The van der Waals surface area contributed by atoms with E-state index in [1.165, 1.54) is 6.92 Å². The van der Waals surface area contributed by atoms with Crippen LogP contribution in [0.4, 0.5) is 0 Å². The Bertz CT molecular complexity index is 232. The first-order chi connectivity index (χ1) is 6.40. The maximum absolute atomic E-state index is 11.0. The van der Waals surface area contributed by atoms with E-state index >= 15 is 0 Å². The monoisotopic (exact) mass is 202 g/mol. The highest BCUT2D eigenvalue weighted by Crippen LogP contribution is 2.17. The topological polar surface area (TPSA) is 91.7 Å². The first-order valence-electron chi connectivity index (χ1n) is 4.36. The summed E-state index contributed by atoms with van der Waals surface area (Å²) in [6, 6.07) is 0. The number of carboxylic acid groups (broad SMARTS) is 2. The van der Waals surface area contributed by atoms with Gasteiger partial charge in [-0.15, -0.1) is 0 Å². The number of rotatable bonds is 6. The minimum Gasteiger partial charge on any atom is -0.481 e. The van der Waals surface area contributed by atoms with Gasteiger partial charge < -0.3 is 10.2 Å². The summed E-state index contributed by atoms with van der Waals surface area (Å²) >= 11 is 0. The number of hydrogen-bond donors (Lipinski definition) is 2. The van der Waals surface area contributed by atoms with Gasteiger partial charge in [-0.1, -0.05) is 6.92 Å². The SMILES string of the molecule is CCC(CC(C(=O)O)C(=O)O)C(C)=O. The minimum atomic E-state index is -1.48. The summed E-state index contributed by atoms with van der Waals surface area (Å²) in [5.74, 6) is -4.91. The third-order valence-corrected chi connectivity index (χ3v) is 2.18. The highest BCUT2D eigenvalue weighted by Gasteiger charge is 2.30. The van der Waals surface area contributed by atoms with Crippen molar-refractivity contribution in [1.29, 1.82) is 0 Å². The first-order valence-corrected chi connectivity index (χ1v) is 4.36. The van der Waals surface area contributed by atoms with Crippen molar-refractivity contribution in [3.05, 3.63) is 0 Å². The number of carboxylic acids is 2. The quantitative estimate of drug-likeness (QED) is 0.621. The second-order valence-electron chi connectivity index (χ2n) is 3.18. The van der Waals surface area contributed by atoms with Crippen LogP contribution in [0.25, 0.3) is 0 Å². The van der Waals surface area contributed by atoms with Gasteiger partial charge >= 0.3 is 11.9 Å². The third kappa shape index (κ3) is 3.55. The first kappa shape index (κ1) is 12.6. The Morgan fingerprint density at radius 1 is 1.14 bits per heavy atom. The number of hydrogen-bond acceptors (Lipinski definition) is 3. The van der Waals surface area contributed by atoms with Gasteiger partial charge in [0.15, 0.2) is 5.92 Å². The molecule has 0 aliphatic heterocycles. The van der Waals surface area contributed by atoms with Crippen molar-refractivity contribution in [2.24, 2.45) is 11.8 Å². The predicted octanol–water partition coefficient (Wildman–Crippen LogP) is 0.777. The van der Waals surface area contributed by atoms with Crippen molar-refractivity contribution >= 4 is 17.7 Å². The average Bonchev–Trinajstić information content (AvgIpc) is 2.03. The van der Waals surface area contributed by atoms with Gasteiger partial charge in [0, 0.05) is 5.92 Å². The second kappa shape index (κ2) is 5.36. The van der Waals surface area contributed by atoms with Gasteiger partial charge in [0.25, 0.3) is 0 Å². The van der Waals surface area contributed by atoms with E-state index in [0.29, 0.717) is 6.42 Å². The zero-order chi connectivity index (χ0) is 11.3. The summed E-state index contributed by atoms with van der Waals surface area (Å²) in [5.41, 5.74) is 0. The van der Waals surface area contributed by atoms with Gasteiger partial charge in [-0.05, 0) is 19.8 Å². The van der Waals surface area contributed by atoms with E-state index in [4.69, 9.17) is 10.2 Å². The van der Waals surface area contributed by atoms with Gasteiger partial charge in [0.05, 0.1) is 0 Å². The van der Waals surface area contributed by atoms with Crippen molar-refractivity contribution in [2.75, 3.05) is 0 Å². The van der Waals surface area contributed by atoms with Crippen LogP contribution in [0.5, 0.6) is 0 Å². The molecule has 0 saturated carbocycles. The fourth-order valence-electron chi connectivity index (χ4n) is 1.21. The molecule has 0 radical (unpaired) electrons. The molecule has 0 rings (SSSR count). The van der Waals surface area contributed by atoms with Crippen LogP contribution < -0.4 is 0 Å². The molecule has 0 saturated heterocycles. The van der Waals surface area contributed by atoms with Gasteiger partial charge in [-0.25, -0.2) is 0 Å². The number of ketones is 1. The summed E-state index contributed by atoms with van der Waals surface area (Å²) in [4.78, 5) is 32.0. The average molecular weight is 202 g/mol. The van der Waals surface area contributed by atoms with Crippen LogP contribution in [0, 0.1) is 11.8 Å². The molecule has 1 unspecified atom stereocenters. The Labute approximate surface area is 81.7 Å². The lowest BCUT2D eigenvalue weighted by Gasteiger charge is -2.13. The normalized spacial score (nSPS) is 12.5. The molecule has 80 valence electrons. The number of aliphatic carboxylic acids is 2. The molecule has 0 heterocycles. The summed E-state index contributed by atoms with van der Waals surface area (Å²) in [7, 11) is 0. The van der Waals surface area contributed by atoms with Crippen LogP contribution in [-0.2, 0) is 14.4 Å². The van der Waals surface area contributed by atoms with Crippen molar-refractivity contribution in [3.8, 4) is 0 Å². The lowest BCUT2D eigenvalue weighted by atomic mass is 9.90. The molecular weight excluding hydrogens is 188 g/mol. The van der Waals surface area contributed by atoms with E-state index in [2.05, 4.69) is 0 Å². The van der Waals surface area contributed by atoms with E-state index in [1.807, 2.05) is 0 Å².